The molecule has 0 aliphatic rings. The van der Waals surface area contributed by atoms with E-state index in [4.69, 9.17) is 10.5 Å². The molecule has 4 heteroatoms. The molecular weight excluding hydrogens is 294 g/mol. The molecule has 0 aliphatic heterocycles. The number of amides is 1. The van der Waals surface area contributed by atoms with Gasteiger partial charge in [-0.15, -0.1) is 11.8 Å². The summed E-state index contributed by atoms with van der Waals surface area (Å²) < 4.78 is 4.93. The van der Waals surface area contributed by atoms with Gasteiger partial charge in [-0.05, 0) is 55.1 Å². The normalized spacial score (nSPS) is 11.2. The van der Waals surface area contributed by atoms with E-state index in [0.29, 0.717) is 0 Å². The van der Waals surface area contributed by atoms with E-state index in [9.17, 15) is 4.79 Å². The first-order valence-corrected chi connectivity index (χ1v) is 8.03. The van der Waals surface area contributed by atoms with Crippen LogP contribution in [0.2, 0.25) is 0 Å². The number of rotatable bonds is 3. The second kappa shape index (κ2) is 7.58. The molecule has 0 fully saturated rings. The second-order valence-electron chi connectivity index (χ2n) is 4.68. The summed E-state index contributed by atoms with van der Waals surface area (Å²) >= 11 is 1.71. The Morgan fingerprint density at radius 1 is 1.05 bits per heavy atom. The van der Waals surface area contributed by atoms with Gasteiger partial charge in [0.15, 0.2) is 0 Å². The van der Waals surface area contributed by atoms with Crippen LogP contribution < -0.4 is 5.73 Å². The van der Waals surface area contributed by atoms with Crippen LogP contribution in [0.4, 0.5) is 4.79 Å². The van der Waals surface area contributed by atoms with E-state index in [1.807, 2.05) is 42.7 Å². The summed E-state index contributed by atoms with van der Waals surface area (Å²) in [6.45, 7) is 1.78. The fraction of sp³-hybridized carbons (Fsp3) is 0.167. The van der Waals surface area contributed by atoms with E-state index in [1.165, 1.54) is 4.90 Å². The average Bonchev–Trinajstić information content (AvgIpc) is 2.53. The standard InChI is InChI=1S/C18H17NO2S/c1-13(21-18(19)20)16-9-5-14(6-10-16)3-4-15-7-11-17(22-2)12-8-15/h5-13H,1-2H3,(H2,19,20). The third-order valence-electron chi connectivity index (χ3n) is 3.11. The third-order valence-corrected chi connectivity index (χ3v) is 3.86. The van der Waals surface area contributed by atoms with Crippen molar-refractivity contribution in [3.8, 4) is 11.8 Å². The molecule has 2 aromatic carbocycles. The zero-order chi connectivity index (χ0) is 15.9. The maximum absolute atomic E-state index is 10.7. The van der Waals surface area contributed by atoms with Crippen molar-refractivity contribution < 1.29 is 9.53 Å². The molecule has 0 aromatic heterocycles. The lowest BCUT2D eigenvalue weighted by Crippen LogP contribution is -2.15. The van der Waals surface area contributed by atoms with Crippen molar-refractivity contribution in [2.24, 2.45) is 5.73 Å². The van der Waals surface area contributed by atoms with Crippen LogP contribution in [0.1, 0.15) is 29.7 Å². The van der Waals surface area contributed by atoms with E-state index in [-0.39, 0.29) is 6.10 Å². The maximum Gasteiger partial charge on any atom is 0.405 e. The molecule has 0 radical (unpaired) electrons. The Morgan fingerprint density at radius 3 is 2.00 bits per heavy atom. The van der Waals surface area contributed by atoms with Crippen LogP contribution in [0, 0.1) is 11.8 Å². The van der Waals surface area contributed by atoms with Gasteiger partial charge in [0.05, 0.1) is 0 Å². The van der Waals surface area contributed by atoms with E-state index >= 15 is 0 Å². The zero-order valence-corrected chi connectivity index (χ0v) is 13.3. The predicted octanol–water partition coefficient (Wildman–Crippen LogP) is 3.96. The fourth-order valence-corrected chi connectivity index (χ4v) is 2.31. The van der Waals surface area contributed by atoms with E-state index in [0.717, 1.165) is 16.7 Å². The van der Waals surface area contributed by atoms with Gasteiger partial charge in [0, 0.05) is 16.0 Å². The van der Waals surface area contributed by atoms with Crippen LogP contribution in [0.15, 0.2) is 53.4 Å². The summed E-state index contributed by atoms with van der Waals surface area (Å²) in [4.78, 5) is 12.0. The van der Waals surface area contributed by atoms with Gasteiger partial charge in [0.2, 0.25) is 0 Å². The molecule has 0 saturated heterocycles. The number of nitrogens with two attached hydrogens (primary N) is 1. The summed E-state index contributed by atoms with van der Waals surface area (Å²) in [6.07, 6.45) is 0.911. The topological polar surface area (TPSA) is 52.3 Å². The van der Waals surface area contributed by atoms with Gasteiger partial charge in [0.1, 0.15) is 6.10 Å². The van der Waals surface area contributed by atoms with Crippen LogP contribution >= 0.6 is 11.8 Å². The monoisotopic (exact) mass is 311 g/mol. The predicted molar refractivity (Wildman–Crippen MR) is 89.7 cm³/mol. The molecule has 0 saturated carbocycles. The van der Waals surface area contributed by atoms with Crippen molar-refractivity contribution in [3.05, 3.63) is 65.2 Å². The highest BCUT2D eigenvalue weighted by Gasteiger charge is 2.08. The van der Waals surface area contributed by atoms with Crippen LogP contribution in [-0.2, 0) is 4.74 Å². The summed E-state index contributed by atoms with van der Waals surface area (Å²) in [5.41, 5.74) is 7.78. The van der Waals surface area contributed by atoms with E-state index in [2.05, 4.69) is 24.0 Å². The van der Waals surface area contributed by atoms with Gasteiger partial charge < -0.3 is 10.5 Å². The molecule has 0 heterocycles. The number of ether oxygens (including phenoxy) is 1. The smallest absolute Gasteiger partial charge is 0.405 e. The Bertz CT molecular complexity index is 697. The second-order valence-corrected chi connectivity index (χ2v) is 5.56. The van der Waals surface area contributed by atoms with Gasteiger partial charge in [-0.2, -0.15) is 0 Å². The minimum Gasteiger partial charge on any atom is -0.442 e. The highest BCUT2D eigenvalue weighted by Crippen LogP contribution is 2.17. The molecule has 2 rings (SSSR count). The average molecular weight is 311 g/mol. The molecule has 112 valence electrons. The van der Waals surface area contributed by atoms with Crippen molar-refractivity contribution in [3.63, 3.8) is 0 Å². The molecule has 3 nitrogen and oxygen atoms in total. The molecule has 1 atom stereocenters. The van der Waals surface area contributed by atoms with Crippen LogP contribution in [0.3, 0.4) is 0 Å². The number of carbonyl (C=O) groups excluding carboxylic acids is 1. The molecule has 2 N–H and O–H groups in total. The molecule has 0 spiro atoms. The zero-order valence-electron chi connectivity index (χ0n) is 12.5. The highest BCUT2D eigenvalue weighted by atomic mass is 32.2. The summed E-state index contributed by atoms with van der Waals surface area (Å²) in [6, 6.07) is 15.7. The minimum absolute atomic E-state index is 0.362. The number of hydrogen-bond acceptors (Lipinski definition) is 3. The Morgan fingerprint density at radius 2 is 1.55 bits per heavy atom. The third kappa shape index (κ3) is 4.57. The molecule has 22 heavy (non-hydrogen) atoms. The van der Waals surface area contributed by atoms with Gasteiger partial charge >= 0.3 is 6.09 Å². The Kier molecular flexibility index (Phi) is 5.51. The number of thioether (sulfide) groups is 1. The maximum atomic E-state index is 10.7. The van der Waals surface area contributed by atoms with Crippen molar-refractivity contribution >= 4 is 17.9 Å². The first-order valence-electron chi connectivity index (χ1n) is 6.80. The van der Waals surface area contributed by atoms with Gasteiger partial charge in [0.25, 0.3) is 0 Å². The largest absolute Gasteiger partial charge is 0.442 e. The number of hydrogen-bond donors (Lipinski definition) is 1. The van der Waals surface area contributed by atoms with Crippen molar-refractivity contribution in [1.29, 1.82) is 0 Å². The van der Waals surface area contributed by atoms with Gasteiger partial charge in [-0.3, -0.25) is 0 Å². The summed E-state index contributed by atoms with van der Waals surface area (Å²) in [7, 11) is 0. The molecule has 1 unspecified atom stereocenters. The molecule has 1 amide bonds. The lowest BCUT2D eigenvalue weighted by molar-refractivity contribution is 0.116. The van der Waals surface area contributed by atoms with Crippen molar-refractivity contribution in [1.82, 2.24) is 0 Å². The van der Waals surface area contributed by atoms with Crippen LogP contribution in [0.5, 0.6) is 0 Å². The minimum atomic E-state index is -0.773. The number of primary amides is 1. The number of benzene rings is 2. The van der Waals surface area contributed by atoms with E-state index in [1.54, 1.807) is 18.7 Å². The van der Waals surface area contributed by atoms with Crippen molar-refractivity contribution in [2.75, 3.05) is 6.26 Å². The van der Waals surface area contributed by atoms with E-state index < -0.39 is 6.09 Å². The highest BCUT2D eigenvalue weighted by molar-refractivity contribution is 7.98. The SMILES string of the molecule is CSc1ccc(C#Cc2ccc(C(C)OC(N)=O)cc2)cc1. The fourth-order valence-electron chi connectivity index (χ4n) is 1.90. The molecule has 0 aliphatic carbocycles. The Labute approximate surface area is 134 Å². The molecular formula is C18H17NO2S. The quantitative estimate of drug-likeness (QED) is 0.689. The lowest BCUT2D eigenvalue weighted by atomic mass is 10.1. The van der Waals surface area contributed by atoms with Gasteiger partial charge in [-0.25, -0.2) is 4.79 Å². The summed E-state index contributed by atoms with van der Waals surface area (Å²) in [5.74, 6) is 6.24. The summed E-state index contributed by atoms with van der Waals surface area (Å²) in [5, 5.41) is 0. The molecule has 2 aromatic rings. The first-order chi connectivity index (χ1) is 10.6. The molecule has 0 bridgehead atoms. The van der Waals surface area contributed by atoms with Crippen LogP contribution in [0.25, 0.3) is 0 Å². The lowest BCUT2D eigenvalue weighted by Gasteiger charge is -2.11. The first kappa shape index (κ1) is 16.0. The van der Waals surface area contributed by atoms with Crippen molar-refractivity contribution in [2.45, 2.75) is 17.9 Å². The van der Waals surface area contributed by atoms with Gasteiger partial charge in [-0.1, -0.05) is 24.0 Å². The van der Waals surface area contributed by atoms with Crippen LogP contribution in [-0.4, -0.2) is 12.3 Å². The Hall–Kier alpha value is -2.38. The number of carbonyl (C=O) groups is 1. The Balaban J connectivity index is 2.08.